The molecule has 3 rings (SSSR count). The highest BCUT2D eigenvalue weighted by Gasteiger charge is 2.09. The van der Waals surface area contributed by atoms with E-state index >= 15 is 0 Å². The Labute approximate surface area is 207 Å². The second kappa shape index (κ2) is 15.0. The van der Waals surface area contributed by atoms with Crippen LogP contribution < -0.4 is 10.5 Å². The third kappa shape index (κ3) is 8.56. The van der Waals surface area contributed by atoms with Gasteiger partial charge in [0.25, 0.3) is 0 Å². The molecule has 0 aliphatic rings. The first-order chi connectivity index (χ1) is 16.7. The first kappa shape index (κ1) is 26.4. The maximum Gasteiger partial charge on any atom is 0.124 e. The maximum absolute atomic E-state index is 6.14. The van der Waals surface area contributed by atoms with Crippen molar-refractivity contribution in [1.29, 1.82) is 0 Å². The molecule has 0 bridgehead atoms. The van der Waals surface area contributed by atoms with Crippen LogP contribution in [0.1, 0.15) is 115 Å². The van der Waals surface area contributed by atoms with Gasteiger partial charge >= 0.3 is 0 Å². The van der Waals surface area contributed by atoms with Crippen LogP contribution in [0.25, 0.3) is 21.8 Å². The Bertz CT molecular complexity index is 974. The van der Waals surface area contributed by atoms with E-state index < -0.39 is 0 Å². The summed E-state index contributed by atoms with van der Waals surface area (Å²) >= 11 is 0. The number of rotatable bonds is 18. The van der Waals surface area contributed by atoms with Crippen molar-refractivity contribution in [2.75, 3.05) is 12.3 Å². The van der Waals surface area contributed by atoms with Gasteiger partial charge in [0.05, 0.1) is 12.1 Å². The van der Waals surface area contributed by atoms with E-state index in [1.54, 1.807) is 0 Å². The number of H-pyrrole nitrogens is 1. The molecule has 3 aromatic rings. The summed E-state index contributed by atoms with van der Waals surface area (Å²) in [7, 11) is 0. The normalized spacial score (nSPS) is 11.6. The van der Waals surface area contributed by atoms with Gasteiger partial charge in [0, 0.05) is 28.0 Å². The first-order valence-electron chi connectivity index (χ1n) is 14.1. The van der Waals surface area contributed by atoms with E-state index in [1.807, 2.05) is 12.1 Å². The number of fused-ring (bicyclic) bond motifs is 3. The molecular weight excluding hydrogens is 416 g/mol. The van der Waals surface area contributed by atoms with Crippen molar-refractivity contribution in [3.05, 3.63) is 35.9 Å². The first-order valence-corrected chi connectivity index (χ1v) is 14.1. The molecule has 0 fully saturated rings. The number of nitrogens with one attached hydrogen (secondary N) is 1. The topological polar surface area (TPSA) is 51.0 Å². The van der Waals surface area contributed by atoms with Crippen LogP contribution in [-0.4, -0.2) is 11.6 Å². The van der Waals surface area contributed by atoms with Gasteiger partial charge in [-0.05, 0) is 43.2 Å². The zero-order valence-electron chi connectivity index (χ0n) is 21.9. The highest BCUT2D eigenvalue weighted by atomic mass is 16.5. The molecule has 0 saturated heterocycles. The fourth-order valence-corrected chi connectivity index (χ4v) is 5.04. The molecule has 0 aliphatic heterocycles. The quantitative estimate of drug-likeness (QED) is 0.145. The van der Waals surface area contributed by atoms with Gasteiger partial charge in [0.15, 0.2) is 0 Å². The van der Waals surface area contributed by atoms with E-state index in [0.29, 0.717) is 0 Å². The zero-order valence-corrected chi connectivity index (χ0v) is 21.9. The van der Waals surface area contributed by atoms with Crippen molar-refractivity contribution < 1.29 is 4.74 Å². The summed E-state index contributed by atoms with van der Waals surface area (Å²) < 4.78 is 6.14. The number of nitrogens with two attached hydrogens (primary N) is 1. The summed E-state index contributed by atoms with van der Waals surface area (Å²) in [6.07, 6.45) is 22.3. The molecule has 0 radical (unpaired) electrons. The van der Waals surface area contributed by atoms with Crippen molar-refractivity contribution in [3.8, 4) is 5.75 Å². The molecule has 3 heteroatoms. The molecule has 3 N–H and O–H groups in total. The largest absolute Gasteiger partial charge is 0.493 e. The predicted molar refractivity (Wildman–Crippen MR) is 150 cm³/mol. The van der Waals surface area contributed by atoms with Gasteiger partial charge in [-0.2, -0.15) is 0 Å². The van der Waals surface area contributed by atoms with Crippen molar-refractivity contribution in [1.82, 2.24) is 4.98 Å². The molecule has 3 nitrogen and oxygen atoms in total. The standard InChI is InChI=1S/C31H48N2O/c1-3-4-5-6-7-8-9-10-11-12-13-14-15-16-17-18-21-34-31-24-30-27(22-25(31)2)28-23-26(32)19-20-29(28)33-30/h19-20,22-24,33H,3-18,21,32H2,1-2H3. The number of nitrogen functional groups attached to an aromatic ring is 1. The molecule has 1 heterocycles. The number of benzene rings is 2. The van der Waals surface area contributed by atoms with Gasteiger partial charge in [-0.1, -0.05) is 103 Å². The Morgan fingerprint density at radius 3 is 1.76 bits per heavy atom. The van der Waals surface area contributed by atoms with E-state index in [0.717, 1.165) is 35.5 Å². The van der Waals surface area contributed by atoms with Crippen molar-refractivity contribution in [2.24, 2.45) is 0 Å². The van der Waals surface area contributed by atoms with E-state index in [9.17, 15) is 0 Å². The summed E-state index contributed by atoms with van der Waals surface area (Å²) in [6.45, 7) is 5.23. The van der Waals surface area contributed by atoms with Gasteiger partial charge in [0.2, 0.25) is 0 Å². The van der Waals surface area contributed by atoms with Crippen LogP contribution in [-0.2, 0) is 0 Å². The van der Waals surface area contributed by atoms with E-state index in [2.05, 4.69) is 37.0 Å². The van der Waals surface area contributed by atoms with Crippen molar-refractivity contribution in [3.63, 3.8) is 0 Å². The van der Waals surface area contributed by atoms with Gasteiger partial charge in [-0.25, -0.2) is 0 Å². The monoisotopic (exact) mass is 464 g/mol. The predicted octanol–water partition coefficient (Wildman–Crippen LogP) is 9.85. The van der Waals surface area contributed by atoms with Gasteiger partial charge in [0.1, 0.15) is 5.75 Å². The Kier molecular flexibility index (Phi) is 11.6. The fourth-order valence-electron chi connectivity index (χ4n) is 5.04. The summed E-state index contributed by atoms with van der Waals surface area (Å²) in [4.78, 5) is 3.50. The zero-order chi connectivity index (χ0) is 24.0. The minimum absolute atomic E-state index is 0.801. The number of hydrogen-bond donors (Lipinski definition) is 2. The van der Waals surface area contributed by atoms with Crippen LogP contribution in [0.3, 0.4) is 0 Å². The van der Waals surface area contributed by atoms with Crippen LogP contribution in [0.2, 0.25) is 0 Å². The second-order valence-electron chi connectivity index (χ2n) is 10.2. The van der Waals surface area contributed by atoms with Gasteiger partial charge in [-0.15, -0.1) is 0 Å². The van der Waals surface area contributed by atoms with Crippen LogP contribution in [0, 0.1) is 6.92 Å². The highest BCUT2D eigenvalue weighted by Crippen LogP contribution is 2.32. The molecule has 0 spiro atoms. The van der Waals surface area contributed by atoms with E-state index in [-0.39, 0.29) is 0 Å². The Hall–Kier alpha value is -2.16. The Morgan fingerprint density at radius 1 is 0.647 bits per heavy atom. The Balaban J connectivity index is 1.20. The lowest BCUT2D eigenvalue weighted by atomic mass is 10.0. The van der Waals surface area contributed by atoms with Crippen LogP contribution >= 0.6 is 0 Å². The van der Waals surface area contributed by atoms with E-state index in [4.69, 9.17) is 10.5 Å². The molecule has 0 aliphatic carbocycles. The number of aryl methyl sites for hydroxylation is 1. The van der Waals surface area contributed by atoms with E-state index in [1.165, 1.54) is 113 Å². The number of anilines is 1. The molecule has 34 heavy (non-hydrogen) atoms. The number of unbranched alkanes of at least 4 members (excludes halogenated alkanes) is 15. The third-order valence-electron chi connectivity index (χ3n) is 7.17. The summed E-state index contributed by atoms with van der Waals surface area (Å²) in [5.74, 6) is 0.994. The molecule has 0 saturated carbocycles. The second-order valence-corrected chi connectivity index (χ2v) is 10.2. The number of aromatic nitrogens is 1. The minimum atomic E-state index is 0.801. The number of hydrogen-bond acceptors (Lipinski definition) is 2. The maximum atomic E-state index is 6.14. The van der Waals surface area contributed by atoms with Gasteiger partial charge in [-0.3, -0.25) is 0 Å². The fraction of sp³-hybridized carbons (Fsp3) is 0.613. The average Bonchev–Trinajstić information content (AvgIpc) is 3.17. The lowest BCUT2D eigenvalue weighted by Gasteiger charge is -2.09. The smallest absolute Gasteiger partial charge is 0.124 e. The molecule has 188 valence electrons. The molecule has 0 unspecified atom stereocenters. The Morgan fingerprint density at radius 2 is 1.18 bits per heavy atom. The SMILES string of the molecule is CCCCCCCCCCCCCCCCCCOc1cc2[nH]c3ccc(N)cc3c2cc1C. The molecule has 1 aromatic heterocycles. The average molecular weight is 465 g/mol. The molecule has 2 aromatic carbocycles. The minimum Gasteiger partial charge on any atom is -0.493 e. The lowest BCUT2D eigenvalue weighted by Crippen LogP contribution is -1.99. The van der Waals surface area contributed by atoms with Crippen LogP contribution in [0.4, 0.5) is 5.69 Å². The van der Waals surface area contributed by atoms with Crippen molar-refractivity contribution in [2.45, 2.75) is 117 Å². The van der Waals surface area contributed by atoms with Gasteiger partial charge < -0.3 is 15.5 Å². The summed E-state index contributed by atoms with van der Waals surface area (Å²) in [5, 5.41) is 2.40. The molecule has 0 atom stereocenters. The lowest BCUT2D eigenvalue weighted by molar-refractivity contribution is 0.302. The molecular formula is C31H48N2O. The summed E-state index contributed by atoms with van der Waals surface area (Å²) in [5.41, 5.74) is 10.2. The summed E-state index contributed by atoms with van der Waals surface area (Å²) in [6, 6.07) is 10.4. The van der Waals surface area contributed by atoms with Crippen LogP contribution in [0.15, 0.2) is 30.3 Å². The third-order valence-corrected chi connectivity index (χ3v) is 7.17. The highest BCUT2D eigenvalue weighted by molar-refractivity contribution is 6.08. The molecule has 0 amide bonds. The number of aromatic amines is 1. The van der Waals surface area contributed by atoms with Crippen LogP contribution in [0.5, 0.6) is 5.75 Å². The van der Waals surface area contributed by atoms with Crippen molar-refractivity contribution >= 4 is 27.5 Å². The number of ether oxygens (including phenoxy) is 1.